The first-order chi connectivity index (χ1) is 9.58. The van der Waals surface area contributed by atoms with Crippen LogP contribution < -0.4 is 10.2 Å². The Kier molecular flexibility index (Phi) is 3.35. The third-order valence-corrected chi connectivity index (χ3v) is 4.17. The number of hydrogen-bond acceptors (Lipinski definition) is 6. The minimum atomic E-state index is -0.324. The third kappa shape index (κ3) is 2.14. The van der Waals surface area contributed by atoms with Crippen LogP contribution in [0.3, 0.4) is 0 Å². The second-order valence-corrected chi connectivity index (χ2v) is 5.48. The number of nitrogens with zero attached hydrogens (tertiary/aromatic N) is 5. The Labute approximate surface area is 117 Å². The Balaban J connectivity index is 1.72. The van der Waals surface area contributed by atoms with Crippen molar-refractivity contribution in [1.29, 1.82) is 0 Å². The predicted octanol–water partition coefficient (Wildman–Crippen LogP) is -0.269. The molecule has 0 aromatic carbocycles. The maximum atomic E-state index is 11.2. The average Bonchev–Trinajstić information content (AvgIpc) is 2.64. The summed E-state index contributed by atoms with van der Waals surface area (Å²) >= 11 is 0. The Morgan fingerprint density at radius 3 is 2.60 bits per heavy atom. The van der Waals surface area contributed by atoms with E-state index in [0.29, 0.717) is 17.6 Å². The highest BCUT2D eigenvalue weighted by Gasteiger charge is 2.38. The Hall–Kier alpha value is -1.67. The van der Waals surface area contributed by atoms with Crippen molar-refractivity contribution in [2.75, 3.05) is 44.2 Å². The zero-order chi connectivity index (χ0) is 14.3. The summed E-state index contributed by atoms with van der Waals surface area (Å²) in [6.07, 6.45) is 0. The molecule has 1 N–H and O–H groups in total. The van der Waals surface area contributed by atoms with Crippen molar-refractivity contribution in [3.63, 3.8) is 0 Å². The Morgan fingerprint density at radius 1 is 1.35 bits per heavy atom. The summed E-state index contributed by atoms with van der Waals surface area (Å²) in [5.41, 5.74) is 0.629. The van der Waals surface area contributed by atoms with E-state index in [2.05, 4.69) is 20.2 Å². The van der Waals surface area contributed by atoms with Gasteiger partial charge in [0.05, 0.1) is 4.92 Å². The highest BCUT2D eigenvalue weighted by Crippen LogP contribution is 2.34. The molecule has 8 heteroatoms. The molecule has 0 saturated carbocycles. The lowest BCUT2D eigenvalue weighted by molar-refractivity contribution is -0.384. The molecule has 0 aliphatic carbocycles. The molecule has 3 rings (SSSR count). The molecule has 0 radical (unpaired) electrons. The van der Waals surface area contributed by atoms with Gasteiger partial charge in [0.1, 0.15) is 5.69 Å². The van der Waals surface area contributed by atoms with Crippen molar-refractivity contribution in [1.82, 2.24) is 20.0 Å². The van der Waals surface area contributed by atoms with Crippen molar-refractivity contribution in [2.45, 2.75) is 13.0 Å². The maximum absolute atomic E-state index is 11.2. The van der Waals surface area contributed by atoms with E-state index in [1.165, 1.54) is 0 Å². The van der Waals surface area contributed by atoms with Gasteiger partial charge in [-0.3, -0.25) is 15.0 Å². The monoisotopic (exact) mass is 280 g/mol. The minimum Gasteiger partial charge on any atom is -0.348 e. The van der Waals surface area contributed by atoms with Gasteiger partial charge in [-0.2, -0.15) is 5.10 Å². The van der Waals surface area contributed by atoms with Crippen LogP contribution in [0.15, 0.2) is 0 Å². The largest absolute Gasteiger partial charge is 0.348 e. The molecule has 0 unspecified atom stereocenters. The van der Waals surface area contributed by atoms with Gasteiger partial charge in [0, 0.05) is 52.4 Å². The number of nitrogens with one attached hydrogen (secondary N) is 1. The van der Waals surface area contributed by atoms with Crippen molar-refractivity contribution in [3.05, 3.63) is 15.8 Å². The smallest absolute Gasteiger partial charge is 0.333 e. The molecule has 2 fully saturated rings. The van der Waals surface area contributed by atoms with Gasteiger partial charge in [0.25, 0.3) is 0 Å². The van der Waals surface area contributed by atoms with Gasteiger partial charge in [-0.15, -0.1) is 0 Å². The lowest BCUT2D eigenvalue weighted by Crippen LogP contribution is -2.63. The van der Waals surface area contributed by atoms with Crippen molar-refractivity contribution in [2.24, 2.45) is 7.05 Å². The number of nitro groups is 1. The van der Waals surface area contributed by atoms with Gasteiger partial charge >= 0.3 is 5.69 Å². The quantitative estimate of drug-likeness (QED) is 0.606. The molecule has 1 aromatic heterocycles. The summed E-state index contributed by atoms with van der Waals surface area (Å²) in [7, 11) is 1.77. The molecule has 3 heterocycles. The number of piperazine rings is 1. The molecule has 110 valence electrons. The van der Waals surface area contributed by atoms with Gasteiger partial charge in [0.15, 0.2) is 0 Å². The standard InChI is InChI=1S/C12H20N6O2/c1-9-11(18(19)20)12(15(2)14-9)17-7-10(8-17)16-5-3-13-4-6-16/h10,13H,3-8H2,1-2H3. The first kappa shape index (κ1) is 13.3. The number of aromatic nitrogens is 2. The molecule has 2 saturated heterocycles. The molecule has 20 heavy (non-hydrogen) atoms. The fourth-order valence-corrected chi connectivity index (χ4v) is 3.11. The first-order valence-corrected chi connectivity index (χ1v) is 6.95. The van der Waals surface area contributed by atoms with Crippen LogP contribution in [0.25, 0.3) is 0 Å². The minimum absolute atomic E-state index is 0.145. The van der Waals surface area contributed by atoms with E-state index in [9.17, 15) is 10.1 Å². The van der Waals surface area contributed by atoms with E-state index in [0.717, 1.165) is 39.3 Å². The molecule has 2 aliphatic heterocycles. The molecular weight excluding hydrogens is 260 g/mol. The van der Waals surface area contributed by atoms with Crippen LogP contribution in [0.4, 0.5) is 11.5 Å². The van der Waals surface area contributed by atoms with Crippen LogP contribution in [0.2, 0.25) is 0 Å². The molecule has 2 aliphatic rings. The molecule has 0 spiro atoms. The van der Waals surface area contributed by atoms with E-state index in [1.54, 1.807) is 18.7 Å². The lowest BCUT2D eigenvalue weighted by atomic mass is 10.1. The van der Waals surface area contributed by atoms with Gasteiger partial charge in [-0.25, -0.2) is 4.68 Å². The molecule has 0 bridgehead atoms. The molecule has 1 aromatic rings. The Bertz CT molecular complexity index is 516. The van der Waals surface area contributed by atoms with E-state index >= 15 is 0 Å². The maximum Gasteiger partial charge on any atom is 0.333 e. The zero-order valence-electron chi connectivity index (χ0n) is 11.9. The summed E-state index contributed by atoms with van der Waals surface area (Å²) in [6.45, 7) is 7.56. The van der Waals surface area contributed by atoms with Crippen LogP contribution in [0.1, 0.15) is 5.69 Å². The number of rotatable bonds is 3. The molecular formula is C12H20N6O2. The summed E-state index contributed by atoms with van der Waals surface area (Å²) in [5.74, 6) is 0.638. The van der Waals surface area contributed by atoms with Gasteiger partial charge in [-0.05, 0) is 6.92 Å². The summed E-state index contributed by atoms with van der Waals surface area (Å²) in [6, 6.07) is 0.506. The lowest BCUT2D eigenvalue weighted by Gasteiger charge is -2.47. The second kappa shape index (κ2) is 5.02. The van der Waals surface area contributed by atoms with Crippen molar-refractivity contribution in [3.8, 4) is 0 Å². The molecule has 0 atom stereocenters. The van der Waals surface area contributed by atoms with Gasteiger partial charge < -0.3 is 10.2 Å². The van der Waals surface area contributed by atoms with Crippen molar-refractivity contribution >= 4 is 11.5 Å². The van der Waals surface area contributed by atoms with Gasteiger partial charge in [-0.1, -0.05) is 0 Å². The number of hydrogen-bond donors (Lipinski definition) is 1. The fourth-order valence-electron chi connectivity index (χ4n) is 3.11. The van der Waals surface area contributed by atoms with Crippen LogP contribution in [0.5, 0.6) is 0 Å². The normalized spacial score (nSPS) is 21.0. The molecule has 8 nitrogen and oxygen atoms in total. The van der Waals surface area contributed by atoms with Gasteiger partial charge in [0.2, 0.25) is 5.82 Å². The second-order valence-electron chi connectivity index (χ2n) is 5.48. The number of anilines is 1. The first-order valence-electron chi connectivity index (χ1n) is 6.95. The average molecular weight is 280 g/mol. The van der Waals surface area contributed by atoms with E-state index in [4.69, 9.17) is 0 Å². The third-order valence-electron chi connectivity index (χ3n) is 4.17. The zero-order valence-corrected chi connectivity index (χ0v) is 11.9. The predicted molar refractivity (Wildman–Crippen MR) is 75.0 cm³/mol. The highest BCUT2D eigenvalue weighted by molar-refractivity contribution is 5.62. The topological polar surface area (TPSA) is 79.5 Å². The van der Waals surface area contributed by atoms with Crippen LogP contribution >= 0.6 is 0 Å². The van der Waals surface area contributed by atoms with Crippen LogP contribution in [-0.2, 0) is 7.05 Å². The SMILES string of the molecule is Cc1nn(C)c(N2CC(N3CCNCC3)C2)c1[N+](=O)[O-]. The van der Waals surface area contributed by atoms with Crippen molar-refractivity contribution < 1.29 is 4.92 Å². The summed E-state index contributed by atoms with van der Waals surface area (Å²) in [4.78, 5) is 15.4. The van der Waals surface area contributed by atoms with Crippen LogP contribution in [0, 0.1) is 17.0 Å². The van der Waals surface area contributed by atoms with E-state index in [-0.39, 0.29) is 10.6 Å². The number of aryl methyl sites for hydroxylation is 2. The van der Waals surface area contributed by atoms with E-state index < -0.39 is 0 Å². The fraction of sp³-hybridized carbons (Fsp3) is 0.750. The summed E-state index contributed by atoms with van der Waals surface area (Å²) in [5, 5.41) is 18.7. The highest BCUT2D eigenvalue weighted by atomic mass is 16.6. The van der Waals surface area contributed by atoms with Crippen LogP contribution in [-0.4, -0.2) is 64.9 Å². The Morgan fingerprint density at radius 2 is 2.00 bits per heavy atom. The van der Waals surface area contributed by atoms with E-state index in [1.807, 2.05) is 0 Å². The molecule has 0 amide bonds. The summed E-state index contributed by atoms with van der Waals surface area (Å²) < 4.78 is 1.63.